The maximum atomic E-state index is 14.0. The van der Waals surface area contributed by atoms with Crippen LogP contribution in [0.2, 0.25) is 0 Å². The molecule has 1 aromatic carbocycles. The van der Waals surface area contributed by atoms with Crippen molar-refractivity contribution in [1.29, 1.82) is 0 Å². The van der Waals surface area contributed by atoms with Gasteiger partial charge >= 0.3 is 6.09 Å². The summed E-state index contributed by atoms with van der Waals surface area (Å²) in [6.45, 7) is 5.12. The van der Waals surface area contributed by atoms with Crippen molar-refractivity contribution in [3.8, 4) is 11.3 Å². The largest absolute Gasteiger partial charge is 0.444 e. The van der Waals surface area contributed by atoms with Gasteiger partial charge in [-0.1, -0.05) is 30.3 Å². The first-order valence-corrected chi connectivity index (χ1v) is 7.07. The number of carbonyl (C=O) groups is 1. The van der Waals surface area contributed by atoms with E-state index < -0.39 is 23.1 Å². The van der Waals surface area contributed by atoms with E-state index >= 15 is 0 Å². The van der Waals surface area contributed by atoms with E-state index in [9.17, 15) is 14.0 Å². The van der Waals surface area contributed by atoms with Crippen LogP contribution in [0.25, 0.3) is 11.3 Å². The lowest BCUT2D eigenvalue weighted by Crippen LogP contribution is -2.33. The van der Waals surface area contributed by atoms with Crippen LogP contribution in [0.5, 0.6) is 0 Å². The third kappa shape index (κ3) is 4.64. The molecule has 23 heavy (non-hydrogen) atoms. The Balaban J connectivity index is 2.20. The highest BCUT2D eigenvalue weighted by Gasteiger charge is 2.17. The standard InChI is InChI=1S/C16H18FN3O3/c1-16(2,3)23-15(22)18-9-11-19-13(12(17)14(21)20-11)10-7-5-4-6-8-10/h4-8H,9H2,1-3H3,(H,18,22)(H,19,20,21). The van der Waals surface area contributed by atoms with Gasteiger partial charge in [0.15, 0.2) is 0 Å². The van der Waals surface area contributed by atoms with Crippen molar-refractivity contribution in [2.75, 3.05) is 0 Å². The first-order chi connectivity index (χ1) is 10.8. The van der Waals surface area contributed by atoms with Crippen LogP contribution in [0.4, 0.5) is 9.18 Å². The Hall–Kier alpha value is -2.70. The van der Waals surface area contributed by atoms with Gasteiger partial charge in [-0.15, -0.1) is 0 Å². The lowest BCUT2D eigenvalue weighted by molar-refractivity contribution is 0.0522. The Morgan fingerprint density at radius 3 is 2.57 bits per heavy atom. The van der Waals surface area contributed by atoms with Crippen molar-refractivity contribution in [3.05, 3.63) is 52.3 Å². The van der Waals surface area contributed by atoms with Crippen molar-refractivity contribution in [1.82, 2.24) is 15.3 Å². The highest BCUT2D eigenvalue weighted by Crippen LogP contribution is 2.17. The third-order valence-corrected chi connectivity index (χ3v) is 2.76. The fourth-order valence-corrected chi connectivity index (χ4v) is 1.85. The zero-order valence-corrected chi connectivity index (χ0v) is 13.1. The van der Waals surface area contributed by atoms with Gasteiger partial charge in [-0.2, -0.15) is 4.39 Å². The lowest BCUT2D eigenvalue weighted by Gasteiger charge is -2.19. The first kappa shape index (κ1) is 16.7. The van der Waals surface area contributed by atoms with Crippen LogP contribution in [0.3, 0.4) is 0 Å². The molecule has 0 spiro atoms. The predicted octanol–water partition coefficient (Wildman–Crippen LogP) is 2.60. The van der Waals surface area contributed by atoms with Crippen LogP contribution < -0.4 is 10.9 Å². The molecule has 0 saturated carbocycles. The molecular weight excluding hydrogens is 301 g/mol. The van der Waals surface area contributed by atoms with Crippen molar-refractivity contribution in [2.24, 2.45) is 0 Å². The molecule has 0 radical (unpaired) electrons. The maximum absolute atomic E-state index is 14.0. The third-order valence-electron chi connectivity index (χ3n) is 2.76. The van der Waals surface area contributed by atoms with Gasteiger partial charge in [0.25, 0.3) is 5.56 Å². The summed E-state index contributed by atoms with van der Waals surface area (Å²) in [6, 6.07) is 8.51. The van der Waals surface area contributed by atoms with Crippen LogP contribution in [0.1, 0.15) is 26.6 Å². The number of rotatable bonds is 3. The second-order valence-corrected chi connectivity index (χ2v) is 5.90. The number of hydrogen-bond donors (Lipinski definition) is 2. The molecule has 0 unspecified atom stereocenters. The number of H-pyrrole nitrogens is 1. The average molecular weight is 319 g/mol. The molecule has 0 aliphatic carbocycles. The molecule has 1 amide bonds. The smallest absolute Gasteiger partial charge is 0.408 e. The summed E-state index contributed by atoms with van der Waals surface area (Å²) >= 11 is 0. The van der Waals surface area contributed by atoms with Crippen molar-refractivity contribution in [2.45, 2.75) is 32.9 Å². The van der Waals surface area contributed by atoms with Gasteiger partial charge in [0.05, 0.1) is 6.54 Å². The van der Waals surface area contributed by atoms with Gasteiger partial charge in [0.1, 0.15) is 17.1 Å². The lowest BCUT2D eigenvalue weighted by atomic mass is 10.1. The molecular formula is C16H18FN3O3. The minimum atomic E-state index is -0.961. The number of ether oxygens (including phenoxy) is 1. The number of benzene rings is 1. The number of nitrogens with zero attached hydrogens (tertiary/aromatic N) is 1. The number of alkyl carbamates (subject to hydrolysis) is 1. The number of hydrogen-bond acceptors (Lipinski definition) is 4. The Morgan fingerprint density at radius 1 is 1.30 bits per heavy atom. The summed E-state index contributed by atoms with van der Waals surface area (Å²) in [5.41, 5.74) is -1.10. The number of halogens is 1. The summed E-state index contributed by atoms with van der Waals surface area (Å²) < 4.78 is 19.1. The molecule has 2 aromatic rings. The molecule has 6 nitrogen and oxygen atoms in total. The van der Waals surface area contributed by atoms with Crippen LogP contribution in [0, 0.1) is 5.82 Å². The molecule has 122 valence electrons. The van der Waals surface area contributed by atoms with Crippen molar-refractivity contribution in [3.63, 3.8) is 0 Å². The normalized spacial score (nSPS) is 11.1. The minimum Gasteiger partial charge on any atom is -0.444 e. The minimum absolute atomic E-state index is 0.0599. The van der Waals surface area contributed by atoms with Crippen molar-refractivity contribution < 1.29 is 13.9 Å². The number of nitrogens with one attached hydrogen (secondary N) is 2. The van der Waals surface area contributed by atoms with Crippen LogP contribution in [0.15, 0.2) is 35.1 Å². The quantitative estimate of drug-likeness (QED) is 0.911. The van der Waals surface area contributed by atoms with E-state index in [0.29, 0.717) is 5.56 Å². The zero-order valence-electron chi connectivity index (χ0n) is 13.1. The second kappa shape index (κ2) is 6.60. The number of aromatic amines is 1. The number of amides is 1. The second-order valence-electron chi connectivity index (χ2n) is 5.90. The van der Waals surface area contributed by atoms with Gasteiger partial charge in [0.2, 0.25) is 5.82 Å². The van der Waals surface area contributed by atoms with Gasteiger partial charge in [-0.25, -0.2) is 9.78 Å². The Labute approximate surface area is 132 Å². The fraction of sp³-hybridized carbons (Fsp3) is 0.312. The summed E-state index contributed by atoms with van der Waals surface area (Å²) in [4.78, 5) is 29.7. The van der Waals surface area contributed by atoms with Gasteiger partial charge in [-0.3, -0.25) is 4.79 Å². The highest BCUT2D eigenvalue weighted by atomic mass is 19.1. The van der Waals surface area contributed by atoms with E-state index in [0.717, 1.165) is 0 Å². The molecule has 0 aliphatic heterocycles. The monoisotopic (exact) mass is 319 g/mol. The summed E-state index contributed by atoms with van der Waals surface area (Å²) in [5, 5.41) is 2.46. The number of carbonyl (C=O) groups excluding carboxylic acids is 1. The molecule has 0 bridgehead atoms. The highest BCUT2D eigenvalue weighted by molar-refractivity contribution is 5.67. The van der Waals surface area contributed by atoms with Crippen LogP contribution >= 0.6 is 0 Å². The predicted molar refractivity (Wildman–Crippen MR) is 83.3 cm³/mol. The maximum Gasteiger partial charge on any atom is 0.408 e. The van der Waals surface area contributed by atoms with E-state index in [1.165, 1.54) is 0 Å². The van der Waals surface area contributed by atoms with Gasteiger partial charge in [-0.05, 0) is 20.8 Å². The molecule has 0 aliphatic rings. The summed E-state index contributed by atoms with van der Waals surface area (Å²) in [7, 11) is 0. The van der Waals surface area contributed by atoms with Crippen LogP contribution in [-0.2, 0) is 11.3 Å². The van der Waals surface area contributed by atoms with E-state index in [2.05, 4.69) is 15.3 Å². The molecule has 0 saturated heterocycles. The van der Waals surface area contributed by atoms with Gasteiger partial charge in [0, 0.05) is 5.56 Å². The van der Waals surface area contributed by atoms with Crippen LogP contribution in [-0.4, -0.2) is 21.7 Å². The average Bonchev–Trinajstić information content (AvgIpc) is 2.47. The molecule has 2 rings (SSSR count). The Kier molecular flexibility index (Phi) is 4.78. The molecule has 2 N–H and O–H groups in total. The Morgan fingerprint density at radius 2 is 1.96 bits per heavy atom. The Bertz CT molecular complexity index is 751. The van der Waals surface area contributed by atoms with Gasteiger partial charge < -0.3 is 15.0 Å². The van der Waals surface area contributed by atoms with Crippen molar-refractivity contribution >= 4 is 6.09 Å². The zero-order chi connectivity index (χ0) is 17.0. The van der Waals surface area contributed by atoms with E-state index in [-0.39, 0.29) is 18.1 Å². The molecule has 1 heterocycles. The fourth-order valence-electron chi connectivity index (χ4n) is 1.85. The van der Waals surface area contributed by atoms with E-state index in [4.69, 9.17) is 4.74 Å². The molecule has 0 fully saturated rings. The summed E-state index contributed by atoms with van der Waals surface area (Å²) in [5.74, 6) is -0.821. The topological polar surface area (TPSA) is 84.1 Å². The molecule has 7 heteroatoms. The first-order valence-electron chi connectivity index (χ1n) is 7.07. The van der Waals surface area contributed by atoms with E-state index in [1.54, 1.807) is 51.1 Å². The molecule has 1 aromatic heterocycles. The SMILES string of the molecule is CC(C)(C)OC(=O)NCc1nc(-c2ccccc2)c(F)c(=O)[nH]1. The number of aromatic nitrogens is 2. The van der Waals surface area contributed by atoms with E-state index in [1.807, 2.05) is 0 Å². The molecule has 0 atom stereocenters. The summed E-state index contributed by atoms with van der Waals surface area (Å²) in [6.07, 6.45) is -0.647.